The quantitative estimate of drug-likeness (QED) is 0.529. The zero-order chi connectivity index (χ0) is 19.6. The van der Waals surface area contributed by atoms with Gasteiger partial charge in [0.15, 0.2) is 0 Å². The Balaban J connectivity index is 1.50. The number of aromatic nitrogens is 1. The number of para-hydroxylation sites is 2. The summed E-state index contributed by atoms with van der Waals surface area (Å²) in [6, 6.07) is 21.4. The minimum atomic E-state index is -0.261. The van der Waals surface area contributed by atoms with Crippen LogP contribution in [0.4, 0.5) is 11.4 Å². The van der Waals surface area contributed by atoms with Gasteiger partial charge in [0.05, 0.1) is 24.2 Å². The van der Waals surface area contributed by atoms with Gasteiger partial charge in [-0.1, -0.05) is 42.5 Å². The van der Waals surface area contributed by atoms with Crippen LogP contribution in [0, 0.1) is 0 Å². The fourth-order valence-electron chi connectivity index (χ4n) is 2.84. The van der Waals surface area contributed by atoms with Gasteiger partial charge in [0.1, 0.15) is 11.4 Å². The Kier molecular flexibility index (Phi) is 7.01. The highest BCUT2D eigenvalue weighted by Gasteiger charge is 2.10. The largest absolute Gasteiger partial charge is 0.492 e. The van der Waals surface area contributed by atoms with Crippen molar-refractivity contribution in [3.05, 3.63) is 84.2 Å². The van der Waals surface area contributed by atoms with E-state index in [1.54, 1.807) is 12.3 Å². The highest BCUT2D eigenvalue weighted by molar-refractivity contribution is 6.03. The molecule has 0 unspecified atom stereocenters. The number of carbonyl (C=O) groups excluding carboxylic acids is 1. The molecule has 0 aliphatic carbocycles. The molecule has 2 aromatic carbocycles. The number of amides is 1. The number of ether oxygens (including phenoxy) is 1. The van der Waals surface area contributed by atoms with Gasteiger partial charge in [0.2, 0.25) is 0 Å². The van der Waals surface area contributed by atoms with Crippen LogP contribution in [0.2, 0.25) is 0 Å². The summed E-state index contributed by atoms with van der Waals surface area (Å²) in [5.41, 5.74) is 3.24. The second-order valence-corrected chi connectivity index (χ2v) is 6.33. The summed E-state index contributed by atoms with van der Waals surface area (Å²) in [4.78, 5) is 16.7. The Morgan fingerprint density at radius 2 is 1.79 bits per heavy atom. The highest BCUT2D eigenvalue weighted by Crippen LogP contribution is 2.24. The van der Waals surface area contributed by atoms with E-state index in [1.165, 1.54) is 5.56 Å². The smallest absolute Gasteiger partial charge is 0.274 e. The van der Waals surface area contributed by atoms with Crippen LogP contribution in [-0.4, -0.2) is 24.0 Å². The van der Waals surface area contributed by atoms with Crippen LogP contribution in [0.3, 0.4) is 0 Å². The molecule has 0 radical (unpaired) electrons. The number of rotatable bonds is 9. The average Bonchev–Trinajstić information content (AvgIpc) is 2.74. The Labute approximate surface area is 165 Å². The molecule has 0 bridgehead atoms. The zero-order valence-corrected chi connectivity index (χ0v) is 16.0. The molecular weight excluding hydrogens is 350 g/mol. The molecule has 1 heterocycles. The average molecular weight is 375 g/mol. The number of hydrogen-bond acceptors (Lipinski definition) is 4. The number of aryl methyl sites for hydroxylation is 1. The van der Waals surface area contributed by atoms with Crippen molar-refractivity contribution in [1.29, 1.82) is 0 Å². The van der Waals surface area contributed by atoms with Crippen LogP contribution in [0.1, 0.15) is 29.4 Å². The van der Waals surface area contributed by atoms with Crippen molar-refractivity contribution in [2.75, 3.05) is 23.8 Å². The van der Waals surface area contributed by atoms with E-state index in [2.05, 4.69) is 39.9 Å². The lowest BCUT2D eigenvalue weighted by Crippen LogP contribution is -2.14. The lowest BCUT2D eigenvalue weighted by Gasteiger charge is -2.11. The number of pyridine rings is 1. The first-order valence-electron chi connectivity index (χ1n) is 9.53. The Bertz CT molecular complexity index is 880. The van der Waals surface area contributed by atoms with Gasteiger partial charge >= 0.3 is 0 Å². The monoisotopic (exact) mass is 375 g/mol. The van der Waals surface area contributed by atoms with Crippen molar-refractivity contribution in [2.24, 2.45) is 0 Å². The molecule has 3 rings (SSSR count). The molecule has 0 saturated heterocycles. The van der Waals surface area contributed by atoms with Crippen molar-refractivity contribution >= 4 is 17.3 Å². The molecule has 0 fully saturated rings. The topological polar surface area (TPSA) is 63.2 Å². The number of hydrogen-bond donors (Lipinski definition) is 2. The van der Waals surface area contributed by atoms with Gasteiger partial charge in [-0.2, -0.15) is 0 Å². The minimum Gasteiger partial charge on any atom is -0.492 e. The third-order valence-electron chi connectivity index (χ3n) is 4.25. The fourth-order valence-corrected chi connectivity index (χ4v) is 2.84. The maximum Gasteiger partial charge on any atom is 0.274 e. The van der Waals surface area contributed by atoms with Crippen LogP contribution < -0.4 is 15.4 Å². The van der Waals surface area contributed by atoms with Crippen molar-refractivity contribution in [2.45, 2.75) is 19.8 Å². The summed E-state index contributed by atoms with van der Waals surface area (Å²) in [6.45, 7) is 3.30. The van der Waals surface area contributed by atoms with Crippen molar-refractivity contribution in [1.82, 2.24) is 4.98 Å². The second-order valence-electron chi connectivity index (χ2n) is 6.33. The standard InChI is InChI=1S/C23H25N3O2/c1-2-28-22-13-7-6-12-20(22)26-23(27)21-15-14-19(17-25-21)24-16-8-11-18-9-4-3-5-10-18/h3-7,9-10,12-15,17,24H,2,8,11,16H2,1H3,(H,26,27). The molecular formula is C23H25N3O2. The van der Waals surface area contributed by atoms with Gasteiger partial charge in [0, 0.05) is 6.54 Å². The normalized spacial score (nSPS) is 10.3. The zero-order valence-electron chi connectivity index (χ0n) is 16.0. The second kappa shape index (κ2) is 10.1. The summed E-state index contributed by atoms with van der Waals surface area (Å²) in [7, 11) is 0. The van der Waals surface area contributed by atoms with E-state index in [1.807, 2.05) is 43.3 Å². The summed E-state index contributed by atoms with van der Waals surface area (Å²) < 4.78 is 5.53. The molecule has 3 aromatic rings. The Hall–Kier alpha value is -3.34. The van der Waals surface area contributed by atoms with Crippen LogP contribution in [-0.2, 0) is 6.42 Å². The first-order valence-corrected chi connectivity index (χ1v) is 9.53. The van der Waals surface area contributed by atoms with Crippen molar-refractivity contribution in [3.8, 4) is 5.75 Å². The van der Waals surface area contributed by atoms with Gasteiger partial charge in [-0.25, -0.2) is 4.98 Å². The van der Waals surface area contributed by atoms with E-state index in [0.29, 0.717) is 23.7 Å². The van der Waals surface area contributed by atoms with Crippen LogP contribution in [0.15, 0.2) is 72.9 Å². The molecule has 0 saturated carbocycles. The molecule has 0 aliphatic rings. The van der Waals surface area contributed by atoms with Crippen molar-refractivity contribution in [3.63, 3.8) is 0 Å². The molecule has 1 amide bonds. The first kappa shape index (κ1) is 19.4. The summed E-state index contributed by atoms with van der Waals surface area (Å²) >= 11 is 0. The van der Waals surface area contributed by atoms with E-state index in [9.17, 15) is 4.79 Å². The number of benzene rings is 2. The van der Waals surface area contributed by atoms with Gasteiger partial charge in [0.25, 0.3) is 5.91 Å². The third-order valence-corrected chi connectivity index (χ3v) is 4.25. The summed E-state index contributed by atoms with van der Waals surface area (Å²) in [5.74, 6) is 0.387. The Morgan fingerprint density at radius 3 is 2.54 bits per heavy atom. The van der Waals surface area contributed by atoms with E-state index in [-0.39, 0.29) is 5.91 Å². The maximum absolute atomic E-state index is 12.4. The van der Waals surface area contributed by atoms with Gasteiger partial charge in [-0.15, -0.1) is 0 Å². The van der Waals surface area contributed by atoms with Crippen LogP contribution in [0.5, 0.6) is 5.75 Å². The third kappa shape index (κ3) is 5.58. The molecule has 5 nitrogen and oxygen atoms in total. The fraction of sp³-hybridized carbons (Fsp3) is 0.217. The molecule has 28 heavy (non-hydrogen) atoms. The first-order chi connectivity index (χ1) is 13.8. The maximum atomic E-state index is 12.4. The summed E-state index contributed by atoms with van der Waals surface area (Å²) in [5, 5.41) is 6.20. The van der Waals surface area contributed by atoms with E-state index in [4.69, 9.17) is 4.74 Å². The lowest BCUT2D eigenvalue weighted by atomic mass is 10.1. The molecule has 0 atom stereocenters. The van der Waals surface area contributed by atoms with Gasteiger partial charge in [-0.05, 0) is 49.6 Å². The SMILES string of the molecule is CCOc1ccccc1NC(=O)c1ccc(NCCCc2ccccc2)cn1. The molecule has 0 aliphatic heterocycles. The van der Waals surface area contributed by atoms with E-state index < -0.39 is 0 Å². The molecule has 0 spiro atoms. The van der Waals surface area contributed by atoms with Crippen LogP contribution in [0.25, 0.3) is 0 Å². The number of nitrogens with one attached hydrogen (secondary N) is 2. The predicted octanol–water partition coefficient (Wildman–Crippen LogP) is 4.78. The predicted molar refractivity (Wildman–Crippen MR) is 113 cm³/mol. The van der Waals surface area contributed by atoms with E-state index in [0.717, 1.165) is 25.1 Å². The lowest BCUT2D eigenvalue weighted by molar-refractivity contribution is 0.102. The number of carbonyl (C=O) groups is 1. The molecule has 1 aromatic heterocycles. The molecule has 144 valence electrons. The van der Waals surface area contributed by atoms with Crippen LogP contribution >= 0.6 is 0 Å². The van der Waals surface area contributed by atoms with E-state index >= 15 is 0 Å². The summed E-state index contributed by atoms with van der Waals surface area (Å²) in [6.07, 6.45) is 3.74. The van der Waals surface area contributed by atoms with Gasteiger partial charge in [-0.3, -0.25) is 4.79 Å². The number of anilines is 2. The number of nitrogens with zero attached hydrogens (tertiary/aromatic N) is 1. The Morgan fingerprint density at radius 1 is 1.00 bits per heavy atom. The van der Waals surface area contributed by atoms with Crippen molar-refractivity contribution < 1.29 is 9.53 Å². The van der Waals surface area contributed by atoms with Gasteiger partial charge < -0.3 is 15.4 Å². The highest BCUT2D eigenvalue weighted by atomic mass is 16.5. The minimum absolute atomic E-state index is 0.261. The molecule has 2 N–H and O–H groups in total. The molecule has 5 heteroatoms.